The van der Waals surface area contributed by atoms with Crippen LogP contribution in [0.4, 0.5) is 4.79 Å². The van der Waals surface area contributed by atoms with E-state index >= 15 is 0 Å². The molecule has 2 aliphatic rings. The normalized spacial score (nSPS) is 25.5. The zero-order valence-corrected chi connectivity index (χ0v) is 15.5. The highest BCUT2D eigenvalue weighted by Crippen LogP contribution is 2.25. The number of nitrogens with zero attached hydrogens (tertiary/aromatic N) is 4. The van der Waals surface area contributed by atoms with Gasteiger partial charge in [-0.25, -0.2) is 9.48 Å². The molecule has 2 saturated heterocycles. The Morgan fingerprint density at radius 1 is 1.28 bits per heavy atom. The summed E-state index contributed by atoms with van der Waals surface area (Å²) in [7, 11) is 0. The fourth-order valence-corrected chi connectivity index (χ4v) is 3.47. The monoisotopic (exact) mass is 350 g/mol. The first-order valence-electron chi connectivity index (χ1n) is 9.26. The molecule has 8 nitrogen and oxygen atoms in total. The number of ether oxygens (including phenoxy) is 1. The molecule has 0 radical (unpaired) electrons. The van der Waals surface area contributed by atoms with Crippen LogP contribution in [0.3, 0.4) is 0 Å². The van der Waals surface area contributed by atoms with Crippen LogP contribution in [0, 0.1) is 0 Å². The third-order valence-electron chi connectivity index (χ3n) is 4.68. The van der Waals surface area contributed by atoms with Crippen LogP contribution in [0.25, 0.3) is 0 Å². The van der Waals surface area contributed by atoms with Crippen LogP contribution in [0.2, 0.25) is 0 Å². The van der Waals surface area contributed by atoms with Crippen LogP contribution >= 0.6 is 0 Å². The number of carbonyl (C=O) groups is 1. The van der Waals surface area contributed by atoms with Gasteiger partial charge in [0.2, 0.25) is 0 Å². The van der Waals surface area contributed by atoms with E-state index in [1.807, 2.05) is 27.0 Å². The average molecular weight is 350 g/mol. The highest BCUT2D eigenvalue weighted by atomic mass is 16.6. The first kappa shape index (κ1) is 18.1. The highest BCUT2D eigenvalue weighted by molar-refractivity contribution is 5.68. The van der Waals surface area contributed by atoms with E-state index in [1.54, 1.807) is 4.90 Å². The van der Waals surface area contributed by atoms with Crippen molar-refractivity contribution in [3.63, 3.8) is 0 Å². The van der Waals surface area contributed by atoms with Gasteiger partial charge in [0, 0.05) is 19.6 Å². The summed E-state index contributed by atoms with van der Waals surface area (Å²) in [5.74, 6) is 0. The van der Waals surface area contributed by atoms with Gasteiger partial charge in [0.25, 0.3) is 0 Å². The zero-order valence-electron chi connectivity index (χ0n) is 15.5. The lowest BCUT2D eigenvalue weighted by molar-refractivity contribution is 0.0191. The van der Waals surface area contributed by atoms with Gasteiger partial charge in [0.05, 0.1) is 24.0 Å². The second-order valence-electron chi connectivity index (χ2n) is 7.87. The average Bonchev–Trinajstić information content (AvgIpc) is 2.89. The lowest BCUT2D eigenvalue weighted by Crippen LogP contribution is -2.50. The van der Waals surface area contributed by atoms with Crippen LogP contribution in [-0.2, 0) is 4.74 Å². The minimum atomic E-state index is -0.478. The number of aromatic nitrogens is 3. The first-order valence-corrected chi connectivity index (χ1v) is 9.26. The molecule has 8 heteroatoms. The molecule has 0 aromatic carbocycles. The van der Waals surface area contributed by atoms with Gasteiger partial charge in [-0.1, -0.05) is 5.21 Å². The van der Waals surface area contributed by atoms with Crippen LogP contribution in [0.1, 0.15) is 57.8 Å². The molecule has 1 aromatic rings. The number of hydrogen-bond acceptors (Lipinski definition) is 6. The molecule has 140 valence electrons. The predicted octanol–water partition coefficient (Wildman–Crippen LogP) is 1.47. The topological polar surface area (TPSA) is 84.3 Å². The van der Waals surface area contributed by atoms with Gasteiger partial charge in [-0.05, 0) is 53.1 Å². The van der Waals surface area contributed by atoms with Crippen molar-refractivity contribution in [1.29, 1.82) is 0 Å². The van der Waals surface area contributed by atoms with Crippen molar-refractivity contribution in [3.05, 3.63) is 11.9 Å². The number of piperazine rings is 1. The van der Waals surface area contributed by atoms with E-state index in [-0.39, 0.29) is 12.1 Å². The fourth-order valence-electron chi connectivity index (χ4n) is 3.47. The largest absolute Gasteiger partial charge is 0.444 e. The summed E-state index contributed by atoms with van der Waals surface area (Å²) in [6.45, 7) is 9.71. The van der Waals surface area contributed by atoms with Crippen molar-refractivity contribution >= 4 is 6.09 Å². The van der Waals surface area contributed by atoms with E-state index in [0.29, 0.717) is 19.1 Å². The molecule has 2 N–H and O–H groups in total. The molecule has 3 rings (SSSR count). The van der Waals surface area contributed by atoms with Gasteiger partial charge in [-0.3, -0.25) is 0 Å². The van der Waals surface area contributed by atoms with Crippen molar-refractivity contribution in [2.75, 3.05) is 32.7 Å². The zero-order chi connectivity index (χ0) is 17.9. The van der Waals surface area contributed by atoms with Crippen molar-refractivity contribution in [1.82, 2.24) is 30.5 Å². The van der Waals surface area contributed by atoms with Gasteiger partial charge in [-0.15, -0.1) is 5.10 Å². The second kappa shape index (κ2) is 7.70. The molecular formula is C17H30N6O2. The third-order valence-corrected chi connectivity index (χ3v) is 4.68. The molecule has 25 heavy (non-hydrogen) atoms. The second-order valence-corrected chi connectivity index (χ2v) is 7.87. The molecule has 0 spiro atoms. The van der Waals surface area contributed by atoms with E-state index < -0.39 is 5.60 Å². The molecule has 0 saturated carbocycles. The minimum Gasteiger partial charge on any atom is -0.444 e. The van der Waals surface area contributed by atoms with Gasteiger partial charge < -0.3 is 20.3 Å². The van der Waals surface area contributed by atoms with Crippen LogP contribution < -0.4 is 10.6 Å². The van der Waals surface area contributed by atoms with E-state index in [9.17, 15) is 4.79 Å². The molecular weight excluding hydrogens is 320 g/mol. The van der Waals surface area contributed by atoms with Gasteiger partial charge in [0.15, 0.2) is 0 Å². The molecule has 0 aliphatic carbocycles. The number of hydrogen-bond donors (Lipinski definition) is 2. The number of amides is 1. The summed E-state index contributed by atoms with van der Waals surface area (Å²) in [5, 5.41) is 15.4. The Balaban J connectivity index is 1.69. The molecule has 1 aromatic heterocycles. The summed E-state index contributed by atoms with van der Waals surface area (Å²) in [6, 6.07) is 0.402. The predicted molar refractivity (Wildman–Crippen MR) is 94.3 cm³/mol. The van der Waals surface area contributed by atoms with Crippen molar-refractivity contribution in [3.8, 4) is 0 Å². The molecule has 0 bridgehead atoms. The van der Waals surface area contributed by atoms with E-state index in [2.05, 4.69) is 25.6 Å². The Morgan fingerprint density at radius 3 is 2.92 bits per heavy atom. The SMILES string of the molecule is CC(C)(C)OC(=O)N1CCNC(c2cnnn2C2CCCNCC2)C1. The first-order chi connectivity index (χ1) is 11.9. The summed E-state index contributed by atoms with van der Waals surface area (Å²) in [6.07, 6.45) is 4.88. The van der Waals surface area contributed by atoms with Gasteiger partial charge in [0.1, 0.15) is 5.60 Å². The molecule has 1 amide bonds. The number of carbonyl (C=O) groups excluding carboxylic acids is 1. The van der Waals surface area contributed by atoms with E-state index in [0.717, 1.165) is 44.6 Å². The number of nitrogens with one attached hydrogen (secondary N) is 2. The molecule has 2 atom stereocenters. The quantitative estimate of drug-likeness (QED) is 0.840. The molecule has 2 aliphatic heterocycles. The smallest absolute Gasteiger partial charge is 0.410 e. The lowest BCUT2D eigenvalue weighted by Gasteiger charge is -2.35. The lowest BCUT2D eigenvalue weighted by atomic mass is 10.1. The Labute approximate surface area is 149 Å². The summed E-state index contributed by atoms with van der Waals surface area (Å²) in [5.41, 5.74) is 0.578. The van der Waals surface area contributed by atoms with Crippen LogP contribution in [-0.4, -0.2) is 64.3 Å². The maximum Gasteiger partial charge on any atom is 0.410 e. The Bertz CT molecular complexity index is 574. The Hall–Kier alpha value is -1.67. The van der Waals surface area contributed by atoms with E-state index in [4.69, 9.17) is 4.74 Å². The highest BCUT2D eigenvalue weighted by Gasteiger charge is 2.31. The maximum absolute atomic E-state index is 12.4. The van der Waals surface area contributed by atoms with Gasteiger partial charge >= 0.3 is 6.09 Å². The number of rotatable bonds is 2. The summed E-state index contributed by atoms with van der Waals surface area (Å²) < 4.78 is 7.58. The van der Waals surface area contributed by atoms with Crippen LogP contribution in [0.5, 0.6) is 0 Å². The third kappa shape index (κ3) is 4.70. The molecule has 2 fully saturated rings. The molecule has 2 unspecified atom stereocenters. The minimum absolute atomic E-state index is 0.0347. The Kier molecular flexibility index (Phi) is 5.58. The summed E-state index contributed by atoms with van der Waals surface area (Å²) >= 11 is 0. The van der Waals surface area contributed by atoms with Crippen LogP contribution in [0.15, 0.2) is 6.20 Å². The molecule has 3 heterocycles. The fraction of sp³-hybridized carbons (Fsp3) is 0.824. The maximum atomic E-state index is 12.4. The summed E-state index contributed by atoms with van der Waals surface area (Å²) in [4.78, 5) is 14.2. The van der Waals surface area contributed by atoms with Gasteiger partial charge in [-0.2, -0.15) is 0 Å². The standard InChI is InChI=1S/C17H30N6O2/c1-17(2,3)25-16(24)22-10-9-19-14(12-22)15-11-20-21-23(15)13-5-4-7-18-8-6-13/h11,13-14,18-19H,4-10,12H2,1-3H3. The van der Waals surface area contributed by atoms with Crippen molar-refractivity contribution < 1.29 is 9.53 Å². The van der Waals surface area contributed by atoms with Crippen molar-refractivity contribution in [2.24, 2.45) is 0 Å². The Morgan fingerprint density at radius 2 is 2.12 bits per heavy atom. The van der Waals surface area contributed by atoms with E-state index in [1.165, 1.54) is 0 Å². The van der Waals surface area contributed by atoms with Crippen molar-refractivity contribution in [2.45, 2.75) is 57.7 Å².